The van der Waals surface area contributed by atoms with Crippen LogP contribution in [0.2, 0.25) is 0 Å². The van der Waals surface area contributed by atoms with Crippen molar-refractivity contribution in [3.8, 4) is 0 Å². The Kier molecular flexibility index (Phi) is 4.02. The van der Waals surface area contributed by atoms with Crippen LogP contribution < -0.4 is 0 Å². The number of benzene rings is 1. The van der Waals surface area contributed by atoms with Crippen LogP contribution in [0.15, 0.2) is 30.6 Å². The van der Waals surface area contributed by atoms with E-state index in [4.69, 9.17) is 5.11 Å². The van der Waals surface area contributed by atoms with E-state index in [0.717, 1.165) is 11.0 Å². The summed E-state index contributed by atoms with van der Waals surface area (Å²) in [6, 6.07) is 7.56. The Bertz CT molecular complexity index is 635. The molecule has 1 aromatic carbocycles. The van der Waals surface area contributed by atoms with Crippen molar-refractivity contribution >= 4 is 22.9 Å². The molecule has 106 valence electrons. The van der Waals surface area contributed by atoms with Gasteiger partial charge in [0.2, 0.25) is 5.91 Å². The molecular formula is C14H17N3O3. The second-order valence-electron chi connectivity index (χ2n) is 4.87. The van der Waals surface area contributed by atoms with E-state index in [2.05, 4.69) is 4.98 Å². The van der Waals surface area contributed by atoms with Crippen molar-refractivity contribution in [1.29, 1.82) is 0 Å². The lowest BCUT2D eigenvalue weighted by Gasteiger charge is -2.19. The van der Waals surface area contributed by atoms with Crippen LogP contribution in [-0.2, 0) is 16.1 Å². The maximum Gasteiger partial charge on any atom is 0.308 e. The molecule has 6 heteroatoms. The zero-order valence-electron chi connectivity index (χ0n) is 11.5. The SMILES string of the molecule is CC(CN(C)C(=O)Cn1cnc2ccccc21)C(=O)O. The molecule has 1 N–H and O–H groups in total. The topological polar surface area (TPSA) is 75.4 Å². The third kappa shape index (κ3) is 2.96. The lowest BCUT2D eigenvalue weighted by atomic mass is 10.2. The molecule has 1 aromatic heterocycles. The number of imidazole rings is 1. The van der Waals surface area contributed by atoms with E-state index in [1.807, 2.05) is 24.3 Å². The van der Waals surface area contributed by atoms with E-state index in [1.165, 1.54) is 4.90 Å². The van der Waals surface area contributed by atoms with Gasteiger partial charge < -0.3 is 14.6 Å². The molecule has 1 heterocycles. The number of amides is 1. The van der Waals surface area contributed by atoms with Gasteiger partial charge in [-0.3, -0.25) is 9.59 Å². The van der Waals surface area contributed by atoms with Crippen molar-refractivity contribution in [2.24, 2.45) is 5.92 Å². The van der Waals surface area contributed by atoms with Crippen molar-refractivity contribution in [2.45, 2.75) is 13.5 Å². The average Bonchev–Trinajstić information content (AvgIpc) is 2.82. The van der Waals surface area contributed by atoms with Gasteiger partial charge in [-0.25, -0.2) is 4.98 Å². The number of carbonyl (C=O) groups excluding carboxylic acids is 1. The summed E-state index contributed by atoms with van der Waals surface area (Å²) in [5, 5.41) is 8.86. The smallest absolute Gasteiger partial charge is 0.308 e. The highest BCUT2D eigenvalue weighted by Gasteiger charge is 2.18. The molecule has 0 saturated heterocycles. The predicted molar refractivity (Wildman–Crippen MR) is 74.2 cm³/mol. The van der Waals surface area contributed by atoms with E-state index in [-0.39, 0.29) is 19.0 Å². The third-order valence-electron chi connectivity index (χ3n) is 3.23. The number of aliphatic carboxylic acids is 1. The molecule has 0 spiro atoms. The standard InChI is InChI=1S/C14H17N3O3/c1-10(14(19)20)7-16(2)13(18)8-17-9-15-11-5-3-4-6-12(11)17/h3-6,9-10H,7-8H2,1-2H3,(H,19,20). The minimum Gasteiger partial charge on any atom is -0.481 e. The van der Waals surface area contributed by atoms with Gasteiger partial charge in [0.1, 0.15) is 6.54 Å². The van der Waals surface area contributed by atoms with E-state index in [1.54, 1.807) is 24.9 Å². The number of likely N-dealkylation sites (N-methyl/N-ethyl adjacent to an activating group) is 1. The van der Waals surface area contributed by atoms with Crippen molar-refractivity contribution in [1.82, 2.24) is 14.5 Å². The van der Waals surface area contributed by atoms with Gasteiger partial charge in [-0.2, -0.15) is 0 Å². The maximum absolute atomic E-state index is 12.1. The summed E-state index contributed by atoms with van der Waals surface area (Å²) >= 11 is 0. The van der Waals surface area contributed by atoms with Crippen LogP contribution >= 0.6 is 0 Å². The molecule has 1 atom stereocenters. The Morgan fingerprint density at radius 3 is 2.80 bits per heavy atom. The lowest BCUT2D eigenvalue weighted by molar-refractivity contribution is -0.142. The monoisotopic (exact) mass is 275 g/mol. The highest BCUT2D eigenvalue weighted by Crippen LogP contribution is 2.12. The highest BCUT2D eigenvalue weighted by atomic mass is 16.4. The maximum atomic E-state index is 12.1. The Balaban J connectivity index is 2.06. The molecule has 0 fully saturated rings. The average molecular weight is 275 g/mol. The van der Waals surface area contributed by atoms with Crippen LogP contribution in [-0.4, -0.2) is 45.0 Å². The van der Waals surface area contributed by atoms with E-state index < -0.39 is 11.9 Å². The fraction of sp³-hybridized carbons (Fsp3) is 0.357. The minimum atomic E-state index is -0.905. The van der Waals surface area contributed by atoms with Gasteiger partial charge in [-0.1, -0.05) is 19.1 Å². The molecule has 0 aliphatic carbocycles. The summed E-state index contributed by atoms with van der Waals surface area (Å²) in [5.74, 6) is -1.62. The number of hydrogen-bond acceptors (Lipinski definition) is 3. The van der Waals surface area contributed by atoms with Crippen molar-refractivity contribution < 1.29 is 14.7 Å². The number of fused-ring (bicyclic) bond motifs is 1. The van der Waals surface area contributed by atoms with Crippen LogP contribution in [0.3, 0.4) is 0 Å². The van der Waals surface area contributed by atoms with Crippen LogP contribution in [0, 0.1) is 5.92 Å². The third-order valence-corrected chi connectivity index (χ3v) is 3.23. The molecule has 20 heavy (non-hydrogen) atoms. The first-order valence-electron chi connectivity index (χ1n) is 6.35. The first-order valence-corrected chi connectivity index (χ1v) is 6.35. The van der Waals surface area contributed by atoms with Crippen molar-refractivity contribution in [2.75, 3.05) is 13.6 Å². The molecule has 0 aliphatic rings. The van der Waals surface area contributed by atoms with Crippen molar-refractivity contribution in [3.05, 3.63) is 30.6 Å². The first-order chi connectivity index (χ1) is 9.49. The van der Waals surface area contributed by atoms with Gasteiger partial charge in [0.05, 0.1) is 23.3 Å². The molecule has 2 rings (SSSR count). The number of carboxylic acid groups (broad SMARTS) is 1. The summed E-state index contributed by atoms with van der Waals surface area (Å²) in [4.78, 5) is 28.5. The highest BCUT2D eigenvalue weighted by molar-refractivity contribution is 5.81. The first kappa shape index (κ1) is 14.0. The second-order valence-corrected chi connectivity index (χ2v) is 4.87. The molecule has 1 unspecified atom stereocenters. The number of nitrogens with zero attached hydrogens (tertiary/aromatic N) is 3. The van der Waals surface area contributed by atoms with Gasteiger partial charge >= 0.3 is 5.97 Å². The van der Waals surface area contributed by atoms with Crippen LogP contribution in [0.1, 0.15) is 6.92 Å². The second kappa shape index (κ2) is 5.73. The molecule has 0 bridgehead atoms. The zero-order chi connectivity index (χ0) is 14.7. The Morgan fingerprint density at radius 2 is 2.10 bits per heavy atom. The summed E-state index contributed by atoms with van der Waals surface area (Å²) in [5.41, 5.74) is 1.72. The number of rotatable bonds is 5. The minimum absolute atomic E-state index is 0.138. The summed E-state index contributed by atoms with van der Waals surface area (Å²) in [6.45, 7) is 1.93. The van der Waals surface area contributed by atoms with Crippen molar-refractivity contribution in [3.63, 3.8) is 0 Å². The molecule has 6 nitrogen and oxygen atoms in total. The number of para-hydroxylation sites is 2. The van der Waals surface area contributed by atoms with E-state index in [9.17, 15) is 9.59 Å². The van der Waals surface area contributed by atoms with Crippen LogP contribution in [0.5, 0.6) is 0 Å². The molecule has 2 aromatic rings. The number of carbonyl (C=O) groups is 2. The Hall–Kier alpha value is -2.37. The largest absolute Gasteiger partial charge is 0.481 e. The summed E-state index contributed by atoms with van der Waals surface area (Å²) in [6.07, 6.45) is 1.62. The molecule has 1 amide bonds. The quantitative estimate of drug-likeness (QED) is 0.890. The number of carboxylic acids is 1. The van der Waals surface area contributed by atoms with Gasteiger partial charge in [0.25, 0.3) is 0 Å². The summed E-state index contributed by atoms with van der Waals surface area (Å²) < 4.78 is 1.76. The molecule has 0 aliphatic heterocycles. The molecular weight excluding hydrogens is 258 g/mol. The molecule has 0 saturated carbocycles. The lowest BCUT2D eigenvalue weighted by Crippen LogP contribution is -2.35. The zero-order valence-corrected chi connectivity index (χ0v) is 11.5. The van der Waals surface area contributed by atoms with E-state index >= 15 is 0 Å². The molecule has 0 radical (unpaired) electrons. The fourth-order valence-electron chi connectivity index (χ4n) is 1.99. The van der Waals surface area contributed by atoms with Gasteiger partial charge in [-0.05, 0) is 12.1 Å². The van der Waals surface area contributed by atoms with E-state index in [0.29, 0.717) is 0 Å². The Labute approximate surface area is 116 Å². The number of aromatic nitrogens is 2. The van der Waals surface area contributed by atoms with Gasteiger partial charge in [0, 0.05) is 13.6 Å². The summed E-state index contributed by atoms with van der Waals surface area (Å²) in [7, 11) is 1.61. The predicted octanol–water partition coefficient (Wildman–Crippen LogP) is 1.22. The normalized spacial score (nSPS) is 12.3. The van der Waals surface area contributed by atoms with Gasteiger partial charge in [0.15, 0.2) is 0 Å². The van der Waals surface area contributed by atoms with Gasteiger partial charge in [-0.15, -0.1) is 0 Å². The Morgan fingerprint density at radius 1 is 1.40 bits per heavy atom. The van der Waals surface area contributed by atoms with Crippen LogP contribution in [0.25, 0.3) is 11.0 Å². The fourth-order valence-corrected chi connectivity index (χ4v) is 1.99. The number of hydrogen-bond donors (Lipinski definition) is 1. The van der Waals surface area contributed by atoms with Crippen LogP contribution in [0.4, 0.5) is 0 Å².